The van der Waals surface area contributed by atoms with E-state index in [0.29, 0.717) is 6.42 Å². The first-order chi connectivity index (χ1) is 8.56. The molecule has 1 N–H and O–H groups in total. The third kappa shape index (κ3) is 3.38. The molecule has 0 amide bonds. The molecule has 0 aliphatic carbocycles. The van der Waals surface area contributed by atoms with Crippen LogP contribution in [-0.4, -0.2) is 30.4 Å². The van der Waals surface area contributed by atoms with Crippen molar-refractivity contribution in [3.63, 3.8) is 0 Å². The second-order valence-electron chi connectivity index (χ2n) is 4.01. The Morgan fingerprint density at radius 2 is 2.06 bits per heavy atom. The fourth-order valence-electron chi connectivity index (χ4n) is 1.63. The van der Waals surface area contributed by atoms with Crippen molar-refractivity contribution in [2.75, 3.05) is 6.26 Å². The molecular weight excluding hydrogens is 248 g/mol. The Labute approximate surface area is 107 Å². The summed E-state index contributed by atoms with van der Waals surface area (Å²) in [5.74, 6) is 0. The number of hydrogen-bond acceptors (Lipinski definition) is 3. The molecule has 0 aliphatic heterocycles. The fourth-order valence-corrected chi connectivity index (χ4v) is 2.12. The average molecular weight is 262 g/mol. The van der Waals surface area contributed by atoms with Gasteiger partial charge < -0.3 is 4.55 Å². The molecule has 0 spiro atoms. The highest BCUT2D eigenvalue weighted by molar-refractivity contribution is 7.95. The van der Waals surface area contributed by atoms with Crippen LogP contribution in [-0.2, 0) is 16.2 Å². The van der Waals surface area contributed by atoms with Crippen LogP contribution in [0, 0.1) is 0 Å². The molecule has 0 saturated heterocycles. The maximum Gasteiger partial charge on any atom is 0.0750 e. The zero-order valence-corrected chi connectivity index (χ0v) is 10.8. The van der Waals surface area contributed by atoms with Gasteiger partial charge in [-0.15, -0.1) is 0 Å². The van der Waals surface area contributed by atoms with Crippen LogP contribution in [0.4, 0.5) is 0 Å². The predicted octanol–water partition coefficient (Wildman–Crippen LogP) is 1.88. The molecule has 2 aromatic heterocycles. The first-order valence-electron chi connectivity index (χ1n) is 5.44. The van der Waals surface area contributed by atoms with E-state index in [1.807, 2.05) is 18.2 Å². The van der Waals surface area contributed by atoms with Crippen molar-refractivity contribution in [3.05, 3.63) is 48.5 Å². The molecule has 0 aliphatic rings. The van der Waals surface area contributed by atoms with Crippen molar-refractivity contribution < 1.29 is 8.76 Å². The molecule has 0 aromatic carbocycles. The fraction of sp³-hybridized carbons (Fsp3) is 0.154. The molecule has 0 saturated carbocycles. The zero-order valence-electron chi connectivity index (χ0n) is 9.98. The SMILES string of the molecule is CS(=O)(O)=CCc1ccncc1-c1cccnc1. The van der Waals surface area contributed by atoms with Crippen molar-refractivity contribution in [1.29, 1.82) is 0 Å². The van der Waals surface area contributed by atoms with Crippen molar-refractivity contribution in [3.8, 4) is 11.1 Å². The van der Waals surface area contributed by atoms with Crippen LogP contribution < -0.4 is 0 Å². The normalized spacial score (nSPS) is 13.9. The van der Waals surface area contributed by atoms with E-state index in [1.165, 1.54) is 11.6 Å². The van der Waals surface area contributed by atoms with Gasteiger partial charge in [0.05, 0.1) is 9.80 Å². The van der Waals surface area contributed by atoms with Gasteiger partial charge in [-0.05, 0) is 23.1 Å². The Morgan fingerprint density at radius 3 is 2.72 bits per heavy atom. The second kappa shape index (κ2) is 5.29. The number of aromatic nitrogens is 2. The Kier molecular flexibility index (Phi) is 3.74. The molecule has 94 valence electrons. The third-order valence-electron chi connectivity index (χ3n) is 2.50. The molecular formula is C13H14N2O2S. The van der Waals surface area contributed by atoms with Gasteiger partial charge in [0.25, 0.3) is 0 Å². The highest BCUT2D eigenvalue weighted by Crippen LogP contribution is 2.21. The van der Waals surface area contributed by atoms with Crippen LogP contribution in [0.2, 0.25) is 0 Å². The zero-order chi connectivity index (χ0) is 13.0. The number of hydrogen-bond donors (Lipinski definition) is 1. The summed E-state index contributed by atoms with van der Waals surface area (Å²) in [6.45, 7) is 0. The molecule has 0 bridgehead atoms. The summed E-state index contributed by atoms with van der Waals surface area (Å²) in [6, 6.07) is 5.64. The van der Waals surface area contributed by atoms with Crippen molar-refractivity contribution in [2.24, 2.45) is 0 Å². The van der Waals surface area contributed by atoms with E-state index in [-0.39, 0.29) is 0 Å². The van der Waals surface area contributed by atoms with Gasteiger partial charge in [-0.3, -0.25) is 9.97 Å². The lowest BCUT2D eigenvalue weighted by Gasteiger charge is -2.06. The first kappa shape index (κ1) is 12.7. The first-order valence-corrected chi connectivity index (χ1v) is 7.43. The summed E-state index contributed by atoms with van der Waals surface area (Å²) in [6.07, 6.45) is 8.62. The van der Waals surface area contributed by atoms with E-state index in [4.69, 9.17) is 0 Å². The van der Waals surface area contributed by atoms with Gasteiger partial charge >= 0.3 is 0 Å². The Morgan fingerprint density at radius 1 is 1.28 bits per heavy atom. The van der Waals surface area contributed by atoms with Gasteiger partial charge in [0, 0.05) is 48.6 Å². The van der Waals surface area contributed by atoms with Crippen LogP contribution in [0.5, 0.6) is 0 Å². The smallest absolute Gasteiger partial charge is 0.0750 e. The van der Waals surface area contributed by atoms with Gasteiger partial charge in [-0.25, -0.2) is 4.21 Å². The number of nitrogens with zero attached hydrogens (tertiary/aromatic N) is 2. The molecule has 1 unspecified atom stereocenters. The minimum atomic E-state index is -2.83. The average Bonchev–Trinajstić information content (AvgIpc) is 2.37. The van der Waals surface area contributed by atoms with Crippen molar-refractivity contribution in [1.82, 2.24) is 9.97 Å². The van der Waals surface area contributed by atoms with Gasteiger partial charge in [0.1, 0.15) is 0 Å². The second-order valence-corrected chi connectivity index (χ2v) is 6.06. The molecule has 4 nitrogen and oxygen atoms in total. The minimum absolute atomic E-state index is 0.429. The summed E-state index contributed by atoms with van der Waals surface area (Å²) >= 11 is 0. The van der Waals surface area contributed by atoms with Gasteiger partial charge in [0.2, 0.25) is 0 Å². The third-order valence-corrected chi connectivity index (χ3v) is 3.28. The quantitative estimate of drug-likeness (QED) is 0.858. The summed E-state index contributed by atoms with van der Waals surface area (Å²) < 4.78 is 20.6. The molecule has 18 heavy (non-hydrogen) atoms. The summed E-state index contributed by atoms with van der Waals surface area (Å²) in [5, 5.41) is 1.42. The predicted molar refractivity (Wildman–Crippen MR) is 73.9 cm³/mol. The van der Waals surface area contributed by atoms with E-state index in [9.17, 15) is 8.76 Å². The Bertz CT molecular complexity index is 639. The lowest BCUT2D eigenvalue weighted by Crippen LogP contribution is -2.02. The Balaban J connectivity index is 2.41. The highest BCUT2D eigenvalue weighted by atomic mass is 32.2. The minimum Gasteiger partial charge on any atom is -0.314 e. The topological polar surface area (TPSA) is 63.1 Å². The monoisotopic (exact) mass is 262 g/mol. The molecule has 5 heteroatoms. The standard InChI is InChI=1S/C13H14N2O2S/c1-18(16,17)8-5-11-4-7-15-10-13(11)12-3-2-6-14-9-12/h2-4,6-10H,5H2,1H3,(H,16,17). The van der Waals surface area contributed by atoms with Gasteiger partial charge in [-0.2, -0.15) is 0 Å². The van der Waals surface area contributed by atoms with Crippen molar-refractivity contribution >= 4 is 15.2 Å². The molecule has 2 rings (SSSR count). The lowest BCUT2D eigenvalue weighted by atomic mass is 10.0. The van der Waals surface area contributed by atoms with E-state index >= 15 is 0 Å². The number of pyridine rings is 2. The highest BCUT2D eigenvalue weighted by Gasteiger charge is 2.04. The van der Waals surface area contributed by atoms with E-state index in [1.54, 1.807) is 24.8 Å². The molecule has 2 heterocycles. The molecule has 0 radical (unpaired) electrons. The summed E-state index contributed by atoms with van der Waals surface area (Å²) in [5.41, 5.74) is 2.85. The van der Waals surface area contributed by atoms with Crippen molar-refractivity contribution in [2.45, 2.75) is 6.42 Å². The molecule has 0 fully saturated rings. The van der Waals surface area contributed by atoms with Crippen LogP contribution in [0.3, 0.4) is 0 Å². The van der Waals surface area contributed by atoms with Crippen LogP contribution in [0.1, 0.15) is 5.56 Å². The van der Waals surface area contributed by atoms with E-state index < -0.39 is 9.80 Å². The summed E-state index contributed by atoms with van der Waals surface area (Å²) in [4.78, 5) is 8.16. The largest absolute Gasteiger partial charge is 0.314 e. The molecule has 2 aromatic rings. The maximum absolute atomic E-state index is 11.3. The van der Waals surface area contributed by atoms with Crippen LogP contribution >= 0.6 is 0 Å². The van der Waals surface area contributed by atoms with Gasteiger partial charge in [-0.1, -0.05) is 6.07 Å². The Hall–Kier alpha value is -1.72. The van der Waals surface area contributed by atoms with Crippen LogP contribution in [0.25, 0.3) is 11.1 Å². The van der Waals surface area contributed by atoms with Gasteiger partial charge in [0.15, 0.2) is 0 Å². The molecule has 1 atom stereocenters. The lowest BCUT2D eigenvalue weighted by molar-refractivity contribution is 0.566. The maximum atomic E-state index is 11.3. The van der Waals surface area contributed by atoms with E-state index in [0.717, 1.165) is 16.7 Å². The number of rotatable bonds is 3. The summed E-state index contributed by atoms with van der Waals surface area (Å²) in [7, 11) is -2.83. The van der Waals surface area contributed by atoms with E-state index in [2.05, 4.69) is 9.97 Å². The van der Waals surface area contributed by atoms with Crippen LogP contribution in [0.15, 0.2) is 43.0 Å².